The summed E-state index contributed by atoms with van der Waals surface area (Å²) in [5.41, 5.74) is 3.90. The maximum Gasteiger partial charge on any atom is 0.0508 e. The Balaban J connectivity index is 1.88. The summed E-state index contributed by atoms with van der Waals surface area (Å²) in [5, 5.41) is 2.29. The van der Waals surface area contributed by atoms with Gasteiger partial charge in [0, 0.05) is 24.8 Å². The van der Waals surface area contributed by atoms with Gasteiger partial charge in [0.15, 0.2) is 0 Å². The van der Waals surface area contributed by atoms with Crippen molar-refractivity contribution < 1.29 is 0 Å². The van der Waals surface area contributed by atoms with E-state index in [0.29, 0.717) is 12.1 Å². The lowest BCUT2D eigenvalue weighted by molar-refractivity contribution is 0.167. The molecule has 104 valence electrons. The second-order valence-corrected chi connectivity index (χ2v) is 7.22. The molecule has 18 heavy (non-hydrogen) atoms. The number of hydrazine groups is 1. The molecule has 3 nitrogen and oxygen atoms in total. The fourth-order valence-corrected chi connectivity index (χ4v) is 3.07. The zero-order valence-corrected chi connectivity index (χ0v) is 12.8. The van der Waals surface area contributed by atoms with Gasteiger partial charge in [-0.05, 0) is 44.7 Å². The predicted octanol–water partition coefficient (Wildman–Crippen LogP) is 2.46. The minimum Gasteiger partial charge on any atom is -0.315 e. The fraction of sp³-hybridized carbons (Fsp3) is 0.867. The van der Waals surface area contributed by atoms with Crippen molar-refractivity contribution in [1.82, 2.24) is 15.3 Å². The third-order valence-electron chi connectivity index (χ3n) is 4.79. The Kier molecular flexibility index (Phi) is 3.75. The highest BCUT2D eigenvalue weighted by molar-refractivity contribution is 5.04. The first-order valence-electron chi connectivity index (χ1n) is 7.22. The van der Waals surface area contributed by atoms with Crippen molar-refractivity contribution in [3.8, 4) is 0 Å². The van der Waals surface area contributed by atoms with Gasteiger partial charge >= 0.3 is 0 Å². The molecule has 3 heteroatoms. The van der Waals surface area contributed by atoms with Gasteiger partial charge in [0.1, 0.15) is 0 Å². The molecule has 0 aromatic heterocycles. The predicted molar refractivity (Wildman–Crippen MR) is 77.0 cm³/mol. The second kappa shape index (κ2) is 4.86. The molecule has 0 saturated carbocycles. The summed E-state index contributed by atoms with van der Waals surface area (Å²) in [6.45, 7) is 12.7. The minimum absolute atomic E-state index is 0.288. The average molecular weight is 251 g/mol. The van der Waals surface area contributed by atoms with E-state index in [-0.39, 0.29) is 5.41 Å². The summed E-state index contributed by atoms with van der Waals surface area (Å²) in [6.07, 6.45) is 5.84. The van der Waals surface area contributed by atoms with Gasteiger partial charge < -0.3 is 9.91 Å². The third kappa shape index (κ3) is 2.72. The molecule has 2 heterocycles. The number of nitrogens with one attached hydrogen (secondary N) is 1. The standard InChI is InChI=1S/C15H29N3/c1-11-9-13(12(2)17(11)6)10-18-8-7-14(16-18)15(3,4)5/h7-8,11-14,16H,9-10H2,1-6H3/t11?,12-,13?,14?/m1/s1. The van der Waals surface area contributed by atoms with Gasteiger partial charge in [-0.15, -0.1) is 0 Å². The van der Waals surface area contributed by atoms with Gasteiger partial charge in [-0.3, -0.25) is 0 Å². The lowest BCUT2D eigenvalue weighted by Gasteiger charge is -2.31. The van der Waals surface area contributed by atoms with Crippen molar-refractivity contribution in [2.24, 2.45) is 11.3 Å². The van der Waals surface area contributed by atoms with Gasteiger partial charge in [-0.1, -0.05) is 20.8 Å². The number of likely N-dealkylation sites (tertiary alicyclic amines) is 1. The topological polar surface area (TPSA) is 18.5 Å². The normalized spacial score (nSPS) is 37.8. The third-order valence-corrected chi connectivity index (χ3v) is 4.79. The lowest BCUT2D eigenvalue weighted by Crippen LogP contribution is -2.45. The maximum atomic E-state index is 3.61. The van der Waals surface area contributed by atoms with Crippen molar-refractivity contribution in [2.45, 2.75) is 59.2 Å². The molecular formula is C15H29N3. The minimum atomic E-state index is 0.288. The molecule has 0 aromatic carbocycles. The molecule has 0 radical (unpaired) electrons. The molecule has 0 spiro atoms. The van der Waals surface area contributed by atoms with E-state index in [1.807, 2.05) is 0 Å². The maximum absolute atomic E-state index is 3.61. The first kappa shape index (κ1) is 13.9. The Bertz CT molecular complexity index is 318. The largest absolute Gasteiger partial charge is 0.315 e. The van der Waals surface area contributed by atoms with Crippen LogP contribution < -0.4 is 5.43 Å². The van der Waals surface area contributed by atoms with Crippen molar-refractivity contribution in [2.75, 3.05) is 13.6 Å². The van der Waals surface area contributed by atoms with Crippen LogP contribution in [0, 0.1) is 11.3 Å². The lowest BCUT2D eigenvalue weighted by atomic mass is 9.88. The van der Waals surface area contributed by atoms with Gasteiger partial charge in [-0.2, -0.15) is 0 Å². The summed E-state index contributed by atoms with van der Waals surface area (Å²) in [6, 6.07) is 1.86. The Hall–Kier alpha value is -0.540. The Morgan fingerprint density at radius 1 is 1.28 bits per heavy atom. The first-order chi connectivity index (χ1) is 8.29. The number of rotatable bonds is 2. The van der Waals surface area contributed by atoms with Crippen molar-refractivity contribution in [1.29, 1.82) is 0 Å². The molecule has 1 saturated heterocycles. The SMILES string of the molecule is CC1CC(CN2C=CC(C(C)(C)C)N2)[C@@H](C)N1C. The Morgan fingerprint density at radius 3 is 2.39 bits per heavy atom. The molecule has 0 aliphatic carbocycles. The number of hydrogen-bond donors (Lipinski definition) is 1. The quantitative estimate of drug-likeness (QED) is 0.813. The zero-order chi connectivity index (χ0) is 13.5. The van der Waals surface area contributed by atoms with Crippen LogP contribution in [0.3, 0.4) is 0 Å². The number of nitrogens with zero attached hydrogens (tertiary/aromatic N) is 2. The molecule has 0 aromatic rings. The summed E-state index contributed by atoms with van der Waals surface area (Å²) in [4.78, 5) is 2.51. The van der Waals surface area contributed by atoms with E-state index in [4.69, 9.17) is 0 Å². The fourth-order valence-electron chi connectivity index (χ4n) is 3.07. The van der Waals surface area contributed by atoms with E-state index in [0.717, 1.165) is 18.5 Å². The van der Waals surface area contributed by atoms with E-state index in [9.17, 15) is 0 Å². The van der Waals surface area contributed by atoms with Crippen LogP contribution in [0.15, 0.2) is 12.3 Å². The Morgan fingerprint density at radius 2 is 1.94 bits per heavy atom. The molecule has 0 amide bonds. The zero-order valence-electron chi connectivity index (χ0n) is 12.8. The van der Waals surface area contributed by atoms with E-state index in [2.05, 4.69) is 69.3 Å². The van der Waals surface area contributed by atoms with Gasteiger partial charge in [0.05, 0.1) is 6.04 Å². The molecule has 2 aliphatic rings. The van der Waals surface area contributed by atoms with Crippen LogP contribution in [0.5, 0.6) is 0 Å². The summed E-state index contributed by atoms with van der Waals surface area (Å²) in [7, 11) is 2.25. The van der Waals surface area contributed by atoms with Crippen LogP contribution in [-0.4, -0.2) is 41.6 Å². The summed E-state index contributed by atoms with van der Waals surface area (Å²) in [5.74, 6) is 0.765. The van der Waals surface area contributed by atoms with Crippen LogP contribution in [0.25, 0.3) is 0 Å². The molecular weight excluding hydrogens is 222 g/mol. The van der Waals surface area contributed by atoms with Crippen LogP contribution in [0.1, 0.15) is 41.0 Å². The molecule has 3 unspecified atom stereocenters. The van der Waals surface area contributed by atoms with E-state index in [1.165, 1.54) is 6.42 Å². The van der Waals surface area contributed by atoms with Crippen LogP contribution in [-0.2, 0) is 0 Å². The molecule has 4 atom stereocenters. The van der Waals surface area contributed by atoms with Gasteiger partial charge in [-0.25, -0.2) is 5.43 Å². The molecule has 1 fully saturated rings. The highest BCUT2D eigenvalue weighted by Crippen LogP contribution is 2.30. The second-order valence-electron chi connectivity index (χ2n) is 7.22. The highest BCUT2D eigenvalue weighted by atomic mass is 15.5. The summed E-state index contributed by atoms with van der Waals surface area (Å²) >= 11 is 0. The van der Waals surface area contributed by atoms with Crippen LogP contribution in [0.2, 0.25) is 0 Å². The van der Waals surface area contributed by atoms with E-state index >= 15 is 0 Å². The molecule has 1 N–H and O–H groups in total. The average Bonchev–Trinajstić information content (AvgIpc) is 2.81. The van der Waals surface area contributed by atoms with Crippen molar-refractivity contribution in [3.63, 3.8) is 0 Å². The van der Waals surface area contributed by atoms with E-state index in [1.54, 1.807) is 0 Å². The molecule has 2 aliphatic heterocycles. The smallest absolute Gasteiger partial charge is 0.0508 e. The van der Waals surface area contributed by atoms with Crippen molar-refractivity contribution >= 4 is 0 Å². The number of hydrogen-bond acceptors (Lipinski definition) is 3. The van der Waals surface area contributed by atoms with Crippen molar-refractivity contribution in [3.05, 3.63) is 12.3 Å². The highest BCUT2D eigenvalue weighted by Gasteiger charge is 2.35. The van der Waals surface area contributed by atoms with E-state index < -0.39 is 0 Å². The molecule has 0 bridgehead atoms. The van der Waals surface area contributed by atoms with Gasteiger partial charge in [0.25, 0.3) is 0 Å². The monoisotopic (exact) mass is 251 g/mol. The van der Waals surface area contributed by atoms with Gasteiger partial charge in [0.2, 0.25) is 0 Å². The summed E-state index contributed by atoms with van der Waals surface area (Å²) < 4.78 is 0. The van der Waals surface area contributed by atoms with Crippen LogP contribution >= 0.6 is 0 Å². The molecule has 2 rings (SSSR count). The first-order valence-corrected chi connectivity index (χ1v) is 7.22. The Labute approximate surface area is 112 Å². The van der Waals surface area contributed by atoms with Crippen LogP contribution in [0.4, 0.5) is 0 Å².